The van der Waals surface area contributed by atoms with Crippen LogP contribution in [0.1, 0.15) is 48.7 Å². The first kappa shape index (κ1) is 14.8. The summed E-state index contributed by atoms with van der Waals surface area (Å²) < 4.78 is 0. The molecule has 1 amide bonds. The molecule has 110 valence electrons. The fourth-order valence-corrected chi connectivity index (χ4v) is 2.34. The molecule has 0 bridgehead atoms. The zero-order chi connectivity index (χ0) is 14.9. The van der Waals surface area contributed by atoms with Gasteiger partial charge in [-0.1, -0.05) is 13.8 Å². The van der Waals surface area contributed by atoms with Crippen LogP contribution in [0.3, 0.4) is 0 Å². The molecule has 2 N–H and O–H groups in total. The highest BCUT2D eigenvalue weighted by molar-refractivity contribution is 5.94. The van der Waals surface area contributed by atoms with Crippen LogP contribution in [0.4, 0.5) is 0 Å². The molecule has 1 saturated carbocycles. The minimum atomic E-state index is -0.253. The van der Waals surface area contributed by atoms with Crippen LogP contribution >= 0.6 is 0 Å². The lowest BCUT2D eigenvalue weighted by Gasteiger charge is -2.22. The van der Waals surface area contributed by atoms with Crippen LogP contribution in [0.25, 0.3) is 0 Å². The van der Waals surface area contributed by atoms with Crippen molar-refractivity contribution in [2.75, 3.05) is 20.2 Å². The number of carbonyl (C=O) groups is 1. The van der Waals surface area contributed by atoms with Crippen LogP contribution in [0.5, 0.6) is 0 Å². The van der Waals surface area contributed by atoms with Gasteiger partial charge in [0.2, 0.25) is 5.56 Å². The maximum Gasteiger partial charge on any atom is 0.253 e. The summed E-state index contributed by atoms with van der Waals surface area (Å²) in [5, 5.41) is 9.33. The summed E-state index contributed by atoms with van der Waals surface area (Å²) in [6.07, 6.45) is 1.90. The minimum absolute atomic E-state index is 0.108. The number of aromatic nitrogens is 1. The quantitative estimate of drug-likeness (QED) is 0.853. The van der Waals surface area contributed by atoms with Crippen LogP contribution in [0.15, 0.2) is 16.9 Å². The van der Waals surface area contributed by atoms with Crippen LogP contribution < -0.4 is 5.56 Å². The highest BCUT2D eigenvalue weighted by Gasteiger charge is 2.43. The third kappa shape index (κ3) is 3.10. The SMILES string of the molecule is CC(C)c1cc(C(=O)N(C)CC2(CO)CC2)cc(=O)[nH]1. The minimum Gasteiger partial charge on any atom is -0.396 e. The van der Waals surface area contributed by atoms with Gasteiger partial charge in [-0.05, 0) is 24.8 Å². The Bertz CT molecular complexity index is 558. The smallest absolute Gasteiger partial charge is 0.253 e. The Balaban J connectivity index is 2.18. The van der Waals surface area contributed by atoms with Crippen LogP contribution in [-0.4, -0.2) is 41.1 Å². The summed E-state index contributed by atoms with van der Waals surface area (Å²) in [6, 6.07) is 3.08. The Morgan fingerprint density at radius 1 is 1.45 bits per heavy atom. The Kier molecular flexibility index (Phi) is 3.99. The van der Waals surface area contributed by atoms with Gasteiger partial charge < -0.3 is 15.0 Å². The van der Waals surface area contributed by atoms with E-state index in [1.807, 2.05) is 13.8 Å². The van der Waals surface area contributed by atoms with E-state index in [4.69, 9.17) is 0 Å². The lowest BCUT2D eigenvalue weighted by Crippen LogP contribution is -2.34. The molecule has 0 radical (unpaired) electrons. The summed E-state index contributed by atoms with van der Waals surface area (Å²) in [5.41, 5.74) is 0.800. The number of hydrogen-bond acceptors (Lipinski definition) is 3. The Labute approximate surface area is 118 Å². The highest BCUT2D eigenvalue weighted by atomic mass is 16.3. The van der Waals surface area contributed by atoms with Crippen LogP contribution in [0.2, 0.25) is 0 Å². The Morgan fingerprint density at radius 2 is 2.10 bits per heavy atom. The number of pyridine rings is 1. The second-order valence-electron chi connectivity index (χ2n) is 6.16. The fraction of sp³-hybridized carbons (Fsp3) is 0.600. The van der Waals surface area contributed by atoms with E-state index in [9.17, 15) is 14.7 Å². The van der Waals surface area contributed by atoms with Gasteiger partial charge in [0.25, 0.3) is 5.91 Å². The maximum absolute atomic E-state index is 12.4. The number of rotatable bonds is 5. The van der Waals surface area contributed by atoms with E-state index in [0.29, 0.717) is 12.1 Å². The Hall–Kier alpha value is -1.62. The lowest BCUT2D eigenvalue weighted by molar-refractivity contribution is 0.0733. The molecule has 1 aliphatic carbocycles. The standard InChI is InChI=1S/C15H22N2O3/c1-10(2)12-6-11(7-13(19)16-12)14(20)17(3)8-15(9-18)4-5-15/h6-7,10,18H,4-5,8-9H2,1-3H3,(H,16,19). The van der Waals surface area contributed by atoms with Crippen LogP contribution in [0, 0.1) is 5.41 Å². The van der Waals surface area contributed by atoms with E-state index < -0.39 is 0 Å². The van der Waals surface area contributed by atoms with E-state index in [0.717, 1.165) is 18.5 Å². The van der Waals surface area contributed by atoms with E-state index >= 15 is 0 Å². The zero-order valence-corrected chi connectivity index (χ0v) is 12.3. The van der Waals surface area contributed by atoms with Crippen LogP contribution in [-0.2, 0) is 0 Å². The fourth-order valence-electron chi connectivity index (χ4n) is 2.34. The molecule has 20 heavy (non-hydrogen) atoms. The van der Waals surface area contributed by atoms with Crippen molar-refractivity contribution >= 4 is 5.91 Å². The molecule has 0 atom stereocenters. The number of nitrogens with one attached hydrogen (secondary N) is 1. The zero-order valence-electron chi connectivity index (χ0n) is 12.3. The van der Waals surface area contributed by atoms with Gasteiger partial charge in [-0.25, -0.2) is 0 Å². The predicted octanol–water partition coefficient (Wildman–Crippen LogP) is 1.34. The molecule has 1 aliphatic rings. The van der Waals surface area contributed by atoms with Gasteiger partial charge in [-0.3, -0.25) is 9.59 Å². The van der Waals surface area contributed by atoms with E-state index in [2.05, 4.69) is 4.98 Å². The van der Waals surface area contributed by atoms with Crippen molar-refractivity contribution < 1.29 is 9.90 Å². The van der Waals surface area contributed by atoms with Gasteiger partial charge in [0.05, 0.1) is 6.61 Å². The number of H-pyrrole nitrogens is 1. The normalized spacial score (nSPS) is 16.2. The maximum atomic E-state index is 12.4. The second-order valence-corrected chi connectivity index (χ2v) is 6.16. The lowest BCUT2D eigenvalue weighted by atomic mass is 10.1. The van der Waals surface area contributed by atoms with E-state index in [1.54, 1.807) is 18.0 Å². The van der Waals surface area contributed by atoms with E-state index in [-0.39, 0.29) is 29.4 Å². The third-order valence-electron chi connectivity index (χ3n) is 3.95. The molecule has 0 aliphatic heterocycles. The van der Waals surface area contributed by atoms with Crippen molar-refractivity contribution in [3.05, 3.63) is 33.7 Å². The topological polar surface area (TPSA) is 73.4 Å². The molecule has 1 heterocycles. The van der Waals surface area contributed by atoms with Gasteiger partial charge in [-0.15, -0.1) is 0 Å². The molecular formula is C15H22N2O3. The summed E-state index contributed by atoms with van der Waals surface area (Å²) in [4.78, 5) is 28.4. The average molecular weight is 278 g/mol. The molecule has 5 heteroatoms. The van der Waals surface area contributed by atoms with Crippen molar-refractivity contribution in [1.82, 2.24) is 9.88 Å². The molecule has 1 aromatic rings. The number of hydrogen-bond donors (Lipinski definition) is 2. The molecule has 0 spiro atoms. The predicted molar refractivity (Wildman–Crippen MR) is 76.9 cm³/mol. The number of amides is 1. The average Bonchev–Trinajstić information content (AvgIpc) is 3.17. The molecule has 0 unspecified atom stereocenters. The first-order valence-corrected chi connectivity index (χ1v) is 6.97. The van der Waals surface area contributed by atoms with Gasteiger partial charge in [-0.2, -0.15) is 0 Å². The van der Waals surface area contributed by atoms with Crippen molar-refractivity contribution in [1.29, 1.82) is 0 Å². The summed E-state index contributed by atoms with van der Waals surface area (Å²) in [5.74, 6) is -0.00861. The second kappa shape index (κ2) is 5.40. The van der Waals surface area contributed by atoms with Crippen molar-refractivity contribution in [2.45, 2.75) is 32.6 Å². The number of carbonyl (C=O) groups excluding carboxylic acids is 1. The molecule has 1 aromatic heterocycles. The van der Waals surface area contributed by atoms with Crippen molar-refractivity contribution in [3.63, 3.8) is 0 Å². The van der Waals surface area contributed by atoms with Gasteiger partial charge in [0, 0.05) is 36.3 Å². The van der Waals surface area contributed by atoms with Gasteiger partial charge >= 0.3 is 0 Å². The number of aliphatic hydroxyl groups excluding tert-OH is 1. The molecular weight excluding hydrogens is 256 g/mol. The number of aliphatic hydroxyl groups is 1. The molecule has 2 rings (SSSR count). The molecule has 5 nitrogen and oxygen atoms in total. The summed E-state index contributed by atoms with van der Waals surface area (Å²) in [7, 11) is 1.72. The Morgan fingerprint density at radius 3 is 2.60 bits per heavy atom. The third-order valence-corrected chi connectivity index (χ3v) is 3.95. The molecule has 0 saturated heterocycles. The summed E-state index contributed by atoms with van der Waals surface area (Å²) >= 11 is 0. The molecule has 1 fully saturated rings. The summed E-state index contributed by atoms with van der Waals surface area (Å²) in [6.45, 7) is 4.58. The van der Waals surface area contributed by atoms with Gasteiger partial charge in [0.15, 0.2) is 0 Å². The molecule has 0 aromatic carbocycles. The number of aromatic amines is 1. The first-order valence-electron chi connectivity index (χ1n) is 6.97. The monoisotopic (exact) mass is 278 g/mol. The van der Waals surface area contributed by atoms with Gasteiger partial charge in [0.1, 0.15) is 0 Å². The first-order chi connectivity index (χ1) is 9.37. The largest absolute Gasteiger partial charge is 0.396 e. The van der Waals surface area contributed by atoms with Crippen molar-refractivity contribution in [2.24, 2.45) is 5.41 Å². The van der Waals surface area contributed by atoms with E-state index in [1.165, 1.54) is 6.07 Å². The van der Waals surface area contributed by atoms with Crippen molar-refractivity contribution in [3.8, 4) is 0 Å². The highest BCUT2D eigenvalue weighted by Crippen LogP contribution is 2.45. The number of nitrogens with zero attached hydrogens (tertiary/aromatic N) is 1.